The van der Waals surface area contributed by atoms with E-state index in [1.165, 1.54) is 25.1 Å². The van der Waals surface area contributed by atoms with Crippen molar-refractivity contribution >= 4 is 35.0 Å². The predicted octanol–water partition coefficient (Wildman–Crippen LogP) is 2.66. The summed E-state index contributed by atoms with van der Waals surface area (Å²) in [5.74, 6) is -1.18. The molecule has 0 saturated heterocycles. The van der Waals surface area contributed by atoms with Gasteiger partial charge in [0.15, 0.2) is 10.9 Å². The number of hydrogen-bond acceptors (Lipinski definition) is 6. The fraction of sp³-hybridized carbons (Fsp3) is 0.105. The fourth-order valence-corrected chi connectivity index (χ4v) is 3.05. The molecule has 2 amide bonds. The van der Waals surface area contributed by atoms with Crippen LogP contribution in [0.2, 0.25) is 0 Å². The van der Waals surface area contributed by atoms with Gasteiger partial charge < -0.3 is 10.6 Å². The van der Waals surface area contributed by atoms with E-state index >= 15 is 0 Å². The number of aromatic nitrogens is 3. The summed E-state index contributed by atoms with van der Waals surface area (Å²) >= 11 is 0.980. The highest BCUT2D eigenvalue weighted by Crippen LogP contribution is 2.24. The van der Waals surface area contributed by atoms with Gasteiger partial charge in [0.1, 0.15) is 5.82 Å². The second-order valence-corrected chi connectivity index (χ2v) is 6.85. The largest absolute Gasteiger partial charge is 0.326 e. The van der Waals surface area contributed by atoms with Gasteiger partial charge in [-0.25, -0.2) is 4.39 Å². The highest BCUT2D eigenvalue weighted by atomic mass is 32.2. The fourth-order valence-electron chi connectivity index (χ4n) is 2.45. The van der Waals surface area contributed by atoms with E-state index in [4.69, 9.17) is 0 Å². The zero-order chi connectivity index (χ0) is 20.8. The van der Waals surface area contributed by atoms with Crippen LogP contribution in [0.3, 0.4) is 0 Å². The summed E-state index contributed by atoms with van der Waals surface area (Å²) in [6, 6.07) is 12.2. The number of rotatable bonds is 6. The number of hydrogen-bond donors (Lipinski definition) is 3. The Hall–Kier alpha value is -3.53. The molecule has 0 aliphatic heterocycles. The van der Waals surface area contributed by atoms with Crippen LogP contribution in [-0.2, 0) is 9.59 Å². The van der Waals surface area contributed by atoms with E-state index < -0.39 is 11.4 Å². The first-order chi connectivity index (χ1) is 13.9. The van der Waals surface area contributed by atoms with Crippen LogP contribution in [0.15, 0.2) is 58.5 Å². The maximum absolute atomic E-state index is 13.2. The van der Waals surface area contributed by atoms with Gasteiger partial charge in [0.05, 0.1) is 11.4 Å². The van der Waals surface area contributed by atoms with Crippen molar-refractivity contribution in [3.63, 3.8) is 0 Å². The van der Waals surface area contributed by atoms with Crippen LogP contribution in [0.4, 0.5) is 15.8 Å². The molecule has 0 atom stereocenters. The summed E-state index contributed by atoms with van der Waals surface area (Å²) < 4.78 is 13.2. The molecule has 1 heterocycles. The Bertz CT molecular complexity index is 1120. The van der Waals surface area contributed by atoms with E-state index in [-0.39, 0.29) is 28.4 Å². The van der Waals surface area contributed by atoms with E-state index in [1.54, 1.807) is 30.3 Å². The Morgan fingerprint density at radius 2 is 1.90 bits per heavy atom. The van der Waals surface area contributed by atoms with Gasteiger partial charge >= 0.3 is 0 Å². The third-order valence-corrected chi connectivity index (χ3v) is 4.48. The number of aromatic amines is 1. The molecule has 0 saturated carbocycles. The molecular weight excluding hydrogens is 397 g/mol. The van der Waals surface area contributed by atoms with E-state index in [2.05, 4.69) is 25.8 Å². The van der Waals surface area contributed by atoms with Crippen molar-refractivity contribution in [1.29, 1.82) is 0 Å². The molecule has 1 aromatic heterocycles. The van der Waals surface area contributed by atoms with Crippen LogP contribution in [0.25, 0.3) is 11.3 Å². The molecule has 10 heteroatoms. The first-order valence-electron chi connectivity index (χ1n) is 8.44. The van der Waals surface area contributed by atoms with Crippen molar-refractivity contribution in [2.24, 2.45) is 0 Å². The minimum Gasteiger partial charge on any atom is -0.326 e. The number of halogens is 1. The molecule has 8 nitrogen and oxygen atoms in total. The molecule has 3 aromatic rings. The number of carbonyl (C=O) groups is 2. The number of benzene rings is 2. The molecule has 3 rings (SSSR count). The van der Waals surface area contributed by atoms with Crippen molar-refractivity contribution in [1.82, 2.24) is 15.2 Å². The zero-order valence-corrected chi connectivity index (χ0v) is 16.0. The minimum absolute atomic E-state index is 0.0444. The number of nitrogens with one attached hydrogen (secondary N) is 3. The zero-order valence-electron chi connectivity index (χ0n) is 15.2. The molecule has 0 aliphatic rings. The van der Waals surface area contributed by atoms with Crippen LogP contribution in [0.5, 0.6) is 0 Å². The number of thioether (sulfide) groups is 1. The molecule has 0 bridgehead atoms. The Kier molecular flexibility index (Phi) is 6.35. The van der Waals surface area contributed by atoms with Gasteiger partial charge in [-0.05, 0) is 24.3 Å². The van der Waals surface area contributed by atoms with Crippen LogP contribution in [0.1, 0.15) is 6.92 Å². The van der Waals surface area contributed by atoms with Crippen molar-refractivity contribution in [3.8, 4) is 11.3 Å². The second kappa shape index (κ2) is 9.11. The van der Waals surface area contributed by atoms with Gasteiger partial charge in [-0.1, -0.05) is 36.0 Å². The number of anilines is 2. The Morgan fingerprint density at radius 3 is 2.62 bits per heavy atom. The van der Waals surface area contributed by atoms with E-state index in [0.717, 1.165) is 11.8 Å². The lowest BCUT2D eigenvalue weighted by molar-refractivity contribution is -0.114. The van der Waals surface area contributed by atoms with Crippen LogP contribution >= 0.6 is 11.8 Å². The molecule has 2 aromatic carbocycles. The Morgan fingerprint density at radius 1 is 1.10 bits per heavy atom. The van der Waals surface area contributed by atoms with Crippen LogP contribution in [-0.4, -0.2) is 32.7 Å². The highest BCUT2D eigenvalue weighted by Gasteiger charge is 2.13. The maximum Gasteiger partial charge on any atom is 0.278 e. The minimum atomic E-state index is -0.508. The van der Waals surface area contributed by atoms with Gasteiger partial charge in [-0.3, -0.25) is 19.4 Å². The molecule has 0 aliphatic carbocycles. The lowest BCUT2D eigenvalue weighted by Crippen LogP contribution is -2.18. The van der Waals surface area contributed by atoms with E-state index in [0.29, 0.717) is 16.9 Å². The molecule has 148 valence electrons. The van der Waals surface area contributed by atoms with E-state index in [1.807, 2.05) is 0 Å². The van der Waals surface area contributed by atoms with Crippen molar-refractivity contribution in [2.45, 2.75) is 12.1 Å². The third-order valence-electron chi connectivity index (χ3n) is 3.62. The van der Waals surface area contributed by atoms with Gasteiger partial charge in [0.2, 0.25) is 11.8 Å². The Balaban J connectivity index is 1.70. The lowest BCUT2D eigenvalue weighted by atomic mass is 10.1. The highest BCUT2D eigenvalue weighted by molar-refractivity contribution is 7.99. The van der Waals surface area contributed by atoms with Crippen LogP contribution < -0.4 is 16.2 Å². The summed E-state index contributed by atoms with van der Waals surface area (Å²) in [4.78, 5) is 38.3. The first-order valence-corrected chi connectivity index (χ1v) is 9.43. The average Bonchev–Trinajstić information content (AvgIpc) is 2.67. The monoisotopic (exact) mass is 413 g/mol. The SMILES string of the molecule is CC(=O)Nc1ccccc1-c1nnc(SCC(=O)Nc2cccc(F)c2)[nH]c1=O. The number of carbonyl (C=O) groups excluding carboxylic acids is 2. The molecule has 0 unspecified atom stereocenters. The standard InChI is InChI=1S/C19H16FN5O3S/c1-11(26)21-15-8-3-2-7-14(15)17-18(28)23-19(25-24-17)29-10-16(27)22-13-6-4-5-12(20)9-13/h2-9H,10H2,1H3,(H,21,26)(H,22,27)(H,23,25,28). The number of H-pyrrole nitrogens is 1. The van der Waals surface area contributed by atoms with Crippen molar-refractivity contribution in [2.75, 3.05) is 16.4 Å². The topological polar surface area (TPSA) is 117 Å². The molecule has 0 radical (unpaired) electrons. The first kappa shape index (κ1) is 20.2. The molecule has 3 N–H and O–H groups in total. The predicted molar refractivity (Wildman–Crippen MR) is 108 cm³/mol. The summed E-state index contributed by atoms with van der Waals surface area (Å²) in [5, 5.41) is 13.2. The van der Waals surface area contributed by atoms with Gasteiger partial charge in [0, 0.05) is 18.2 Å². The normalized spacial score (nSPS) is 10.4. The van der Waals surface area contributed by atoms with Crippen molar-refractivity contribution < 1.29 is 14.0 Å². The summed E-state index contributed by atoms with van der Waals surface area (Å²) in [7, 11) is 0. The third kappa shape index (κ3) is 5.48. The smallest absolute Gasteiger partial charge is 0.278 e. The van der Waals surface area contributed by atoms with E-state index in [9.17, 15) is 18.8 Å². The second-order valence-electron chi connectivity index (χ2n) is 5.88. The van der Waals surface area contributed by atoms with Crippen LogP contribution in [0, 0.1) is 5.82 Å². The average molecular weight is 413 g/mol. The summed E-state index contributed by atoms with van der Waals surface area (Å²) in [5.41, 5.74) is 0.736. The molecule has 0 fully saturated rings. The quantitative estimate of drug-likeness (QED) is 0.535. The summed E-state index contributed by atoms with van der Waals surface area (Å²) in [6.45, 7) is 1.36. The van der Waals surface area contributed by atoms with Crippen molar-refractivity contribution in [3.05, 3.63) is 64.7 Å². The number of amides is 2. The number of para-hydroxylation sites is 1. The lowest BCUT2D eigenvalue weighted by Gasteiger charge is -2.08. The van der Waals surface area contributed by atoms with Gasteiger partial charge in [-0.15, -0.1) is 10.2 Å². The molecule has 0 spiro atoms. The van der Waals surface area contributed by atoms with Gasteiger partial charge in [0.25, 0.3) is 5.56 Å². The summed E-state index contributed by atoms with van der Waals surface area (Å²) in [6.07, 6.45) is 0. The Labute approximate surface area is 169 Å². The molecular formula is C19H16FN5O3S. The molecule has 29 heavy (non-hydrogen) atoms. The number of nitrogens with zero attached hydrogens (tertiary/aromatic N) is 2. The maximum atomic E-state index is 13.2. The van der Waals surface area contributed by atoms with Gasteiger partial charge in [-0.2, -0.15) is 0 Å².